The van der Waals surface area contributed by atoms with E-state index in [9.17, 15) is 14.0 Å². The molecule has 0 spiro atoms. The molecule has 1 N–H and O–H groups in total. The van der Waals surface area contributed by atoms with Crippen LogP contribution in [0.15, 0.2) is 60.7 Å². The maximum atomic E-state index is 13.6. The zero-order valence-corrected chi connectivity index (χ0v) is 16.2. The van der Waals surface area contributed by atoms with Crippen molar-refractivity contribution in [1.29, 1.82) is 0 Å². The Morgan fingerprint density at radius 1 is 1.07 bits per heavy atom. The number of carbonyl (C=O) groups is 2. The van der Waals surface area contributed by atoms with Crippen LogP contribution in [0.4, 0.5) is 10.1 Å². The summed E-state index contributed by atoms with van der Waals surface area (Å²) < 4.78 is 23.7. The third-order valence-corrected chi connectivity index (χ3v) is 4.27. The first-order chi connectivity index (χ1) is 13.9. The number of fused-ring (bicyclic) bond motifs is 1. The predicted octanol–water partition coefficient (Wildman–Crippen LogP) is 4.84. The van der Waals surface area contributed by atoms with Crippen LogP contribution in [0, 0.1) is 5.82 Å². The number of esters is 1. The second-order valence-corrected chi connectivity index (χ2v) is 6.52. The number of nitrogens with one attached hydrogen (secondary N) is 1. The molecule has 0 saturated carbocycles. The number of methoxy groups -OCH3 is 1. The largest absolute Gasteiger partial charge is 0.497 e. The first-order valence-electron chi connectivity index (χ1n) is 8.62. The number of carbonyl (C=O) groups excluding carboxylic acids is 2. The molecular formula is C22H17ClFNO4. The van der Waals surface area contributed by atoms with Crippen LogP contribution in [-0.4, -0.2) is 25.6 Å². The normalized spacial score (nSPS) is 10.9. The van der Waals surface area contributed by atoms with Crippen LogP contribution in [0.3, 0.4) is 0 Å². The van der Waals surface area contributed by atoms with Gasteiger partial charge < -0.3 is 14.8 Å². The minimum absolute atomic E-state index is 0.0816. The van der Waals surface area contributed by atoms with Gasteiger partial charge in [0.1, 0.15) is 11.6 Å². The molecule has 0 saturated heterocycles. The lowest BCUT2D eigenvalue weighted by Gasteiger charge is -2.07. The number of benzene rings is 3. The molecule has 7 heteroatoms. The molecule has 29 heavy (non-hydrogen) atoms. The van der Waals surface area contributed by atoms with E-state index in [4.69, 9.17) is 21.1 Å². The summed E-state index contributed by atoms with van der Waals surface area (Å²) in [5.74, 6) is -1.24. The van der Waals surface area contributed by atoms with Crippen molar-refractivity contribution in [2.24, 2.45) is 0 Å². The summed E-state index contributed by atoms with van der Waals surface area (Å²) >= 11 is 5.76. The van der Waals surface area contributed by atoms with Crippen molar-refractivity contribution in [3.63, 3.8) is 0 Å². The lowest BCUT2D eigenvalue weighted by atomic mass is 10.1. The van der Waals surface area contributed by atoms with E-state index in [1.165, 1.54) is 18.2 Å². The zero-order chi connectivity index (χ0) is 20.8. The molecule has 0 bridgehead atoms. The van der Waals surface area contributed by atoms with E-state index in [-0.39, 0.29) is 10.7 Å². The fourth-order valence-corrected chi connectivity index (χ4v) is 2.77. The smallest absolute Gasteiger partial charge is 0.331 e. The molecule has 0 aliphatic heterocycles. The summed E-state index contributed by atoms with van der Waals surface area (Å²) in [6.45, 7) is -0.549. The van der Waals surface area contributed by atoms with Gasteiger partial charge in [0.25, 0.3) is 5.91 Å². The Kier molecular flexibility index (Phi) is 6.46. The molecule has 0 radical (unpaired) electrons. The Morgan fingerprint density at radius 2 is 1.83 bits per heavy atom. The Morgan fingerprint density at radius 3 is 2.62 bits per heavy atom. The van der Waals surface area contributed by atoms with Gasteiger partial charge in [0.05, 0.1) is 12.8 Å². The van der Waals surface area contributed by atoms with Crippen molar-refractivity contribution >= 4 is 46.0 Å². The lowest BCUT2D eigenvalue weighted by Crippen LogP contribution is -2.20. The van der Waals surface area contributed by atoms with Crippen molar-refractivity contribution in [3.8, 4) is 5.75 Å². The molecule has 0 unspecified atom stereocenters. The fraction of sp³-hybridized carbons (Fsp3) is 0.0909. The van der Waals surface area contributed by atoms with Gasteiger partial charge in [0, 0.05) is 11.1 Å². The molecule has 0 aliphatic rings. The highest BCUT2D eigenvalue weighted by Gasteiger charge is 2.09. The predicted molar refractivity (Wildman–Crippen MR) is 111 cm³/mol. The summed E-state index contributed by atoms with van der Waals surface area (Å²) in [5.41, 5.74) is 0.715. The molecule has 1 amide bonds. The highest BCUT2D eigenvalue weighted by Crippen LogP contribution is 2.22. The van der Waals surface area contributed by atoms with E-state index in [0.717, 1.165) is 28.2 Å². The second kappa shape index (κ2) is 9.21. The quantitative estimate of drug-likeness (QED) is 0.464. The summed E-state index contributed by atoms with van der Waals surface area (Å²) in [5, 5.41) is 4.57. The van der Waals surface area contributed by atoms with Crippen molar-refractivity contribution in [2.75, 3.05) is 19.0 Å². The average Bonchev–Trinajstić information content (AvgIpc) is 2.72. The van der Waals surface area contributed by atoms with Gasteiger partial charge in [-0.05, 0) is 58.8 Å². The molecule has 3 rings (SSSR count). The highest BCUT2D eigenvalue weighted by molar-refractivity contribution is 6.30. The molecule has 5 nitrogen and oxygen atoms in total. The first kappa shape index (κ1) is 20.4. The van der Waals surface area contributed by atoms with E-state index in [1.54, 1.807) is 13.2 Å². The molecule has 0 aliphatic carbocycles. The van der Waals surface area contributed by atoms with Crippen LogP contribution in [-0.2, 0) is 14.3 Å². The molecule has 0 heterocycles. The number of rotatable bonds is 6. The maximum absolute atomic E-state index is 13.6. The maximum Gasteiger partial charge on any atom is 0.331 e. The second-order valence-electron chi connectivity index (χ2n) is 6.09. The monoisotopic (exact) mass is 413 g/mol. The van der Waals surface area contributed by atoms with Gasteiger partial charge in [-0.25, -0.2) is 9.18 Å². The molecule has 0 aromatic heterocycles. The van der Waals surface area contributed by atoms with Gasteiger partial charge in [0.2, 0.25) is 0 Å². The standard InChI is InChI=1S/C22H17ClFNO4/c1-28-18-7-5-15-10-14(2-4-16(15)11-18)3-9-22(27)29-13-21(26)25-20-12-17(23)6-8-19(20)24/h2-12H,13H2,1H3,(H,25,26)/b9-3+. The topological polar surface area (TPSA) is 64.6 Å². The lowest BCUT2D eigenvalue weighted by molar-refractivity contribution is -0.142. The summed E-state index contributed by atoms with van der Waals surface area (Å²) in [7, 11) is 1.61. The molecule has 148 valence electrons. The van der Waals surface area contributed by atoms with E-state index in [2.05, 4.69) is 5.32 Å². The highest BCUT2D eigenvalue weighted by atomic mass is 35.5. The zero-order valence-electron chi connectivity index (χ0n) is 15.4. The van der Waals surface area contributed by atoms with E-state index < -0.39 is 24.3 Å². The van der Waals surface area contributed by atoms with Gasteiger partial charge in [-0.1, -0.05) is 29.8 Å². The number of halogens is 2. The summed E-state index contributed by atoms with van der Waals surface area (Å²) in [6.07, 6.45) is 2.80. The van der Waals surface area contributed by atoms with Crippen LogP contribution in [0.5, 0.6) is 5.75 Å². The Balaban J connectivity index is 1.56. The van der Waals surface area contributed by atoms with Gasteiger partial charge in [-0.15, -0.1) is 0 Å². The van der Waals surface area contributed by atoms with Crippen molar-refractivity contribution in [1.82, 2.24) is 0 Å². The van der Waals surface area contributed by atoms with Crippen molar-refractivity contribution in [2.45, 2.75) is 0 Å². The van der Waals surface area contributed by atoms with Gasteiger partial charge in [-0.2, -0.15) is 0 Å². The van der Waals surface area contributed by atoms with Crippen LogP contribution < -0.4 is 10.1 Å². The third kappa shape index (κ3) is 5.56. The Bertz CT molecular complexity index is 1100. The molecule has 3 aromatic rings. The van der Waals surface area contributed by atoms with Crippen LogP contribution >= 0.6 is 11.6 Å². The third-order valence-electron chi connectivity index (χ3n) is 4.03. The van der Waals surface area contributed by atoms with Gasteiger partial charge in [-0.3, -0.25) is 4.79 Å². The molecule has 0 atom stereocenters. The van der Waals surface area contributed by atoms with Crippen molar-refractivity contribution in [3.05, 3.63) is 77.1 Å². The number of hydrogen-bond acceptors (Lipinski definition) is 4. The van der Waals surface area contributed by atoms with Crippen LogP contribution in [0.25, 0.3) is 16.8 Å². The van der Waals surface area contributed by atoms with Gasteiger partial charge >= 0.3 is 5.97 Å². The minimum Gasteiger partial charge on any atom is -0.497 e. The van der Waals surface area contributed by atoms with E-state index >= 15 is 0 Å². The molecular weight excluding hydrogens is 397 g/mol. The minimum atomic E-state index is -0.693. The van der Waals surface area contributed by atoms with Crippen LogP contribution in [0.2, 0.25) is 5.02 Å². The first-order valence-corrected chi connectivity index (χ1v) is 9.00. The Hall–Kier alpha value is -3.38. The molecule has 0 fully saturated rings. The number of anilines is 1. The molecule has 3 aromatic carbocycles. The van der Waals surface area contributed by atoms with E-state index in [0.29, 0.717) is 0 Å². The van der Waals surface area contributed by atoms with Crippen LogP contribution in [0.1, 0.15) is 5.56 Å². The Labute approximate surface area is 171 Å². The number of amides is 1. The number of hydrogen-bond donors (Lipinski definition) is 1. The van der Waals surface area contributed by atoms with Gasteiger partial charge in [0.15, 0.2) is 6.61 Å². The summed E-state index contributed by atoms with van der Waals surface area (Å²) in [4.78, 5) is 23.7. The average molecular weight is 414 g/mol. The number of ether oxygens (including phenoxy) is 2. The SMILES string of the molecule is COc1ccc2cc(/C=C/C(=O)OCC(=O)Nc3cc(Cl)ccc3F)ccc2c1. The van der Waals surface area contributed by atoms with E-state index in [1.807, 2.05) is 36.4 Å². The fourth-order valence-electron chi connectivity index (χ4n) is 2.60. The van der Waals surface area contributed by atoms with Crippen molar-refractivity contribution < 1.29 is 23.5 Å². The summed E-state index contributed by atoms with van der Waals surface area (Å²) in [6, 6.07) is 15.1.